The predicted octanol–water partition coefficient (Wildman–Crippen LogP) is 5.31. The highest BCUT2D eigenvalue weighted by molar-refractivity contribution is 7.90. The molecule has 9 heteroatoms. The fraction of sp³-hybridized carbons (Fsp3) is 0.167. The van der Waals surface area contributed by atoms with Gasteiger partial charge in [0.15, 0.2) is 9.84 Å². The van der Waals surface area contributed by atoms with Gasteiger partial charge in [0.25, 0.3) is 10.0 Å². The van der Waals surface area contributed by atoms with E-state index in [1.807, 2.05) is 13.8 Å². The fourth-order valence-corrected chi connectivity index (χ4v) is 6.87. The number of methoxy groups -OCH3 is 1. The number of ether oxygens (including phenoxy) is 1. The first-order valence-electron chi connectivity index (χ1n) is 12.5. The van der Waals surface area contributed by atoms with Crippen molar-refractivity contribution >= 4 is 36.6 Å². The molecular weight excluding hydrogens is 534 g/mol. The molecule has 0 radical (unpaired) electrons. The molecule has 0 spiro atoms. The van der Waals surface area contributed by atoms with E-state index in [2.05, 4.69) is 6.58 Å². The first-order chi connectivity index (χ1) is 18.8. The number of esters is 1. The first kappa shape index (κ1) is 26.6. The second kappa shape index (κ2) is 11.0. The van der Waals surface area contributed by atoms with E-state index in [0.29, 0.717) is 10.8 Å². The van der Waals surface area contributed by atoms with Crippen molar-refractivity contribution in [3.8, 4) is 0 Å². The fourth-order valence-electron chi connectivity index (χ4n) is 4.08. The Balaban J connectivity index is 1.90. The van der Waals surface area contributed by atoms with E-state index in [-0.39, 0.29) is 27.0 Å². The van der Waals surface area contributed by atoms with Crippen LogP contribution in [-0.2, 0) is 41.7 Å². The zero-order valence-electron chi connectivity index (χ0n) is 22.8. The van der Waals surface area contributed by atoms with Crippen LogP contribution in [0.2, 0.25) is 0 Å². The predicted molar refractivity (Wildman–Crippen MR) is 151 cm³/mol. The molecule has 0 saturated carbocycles. The number of carbonyl (C=O) groups excluding carboxylic acids is 1. The Hall–Kier alpha value is -3.95. The van der Waals surface area contributed by atoms with Gasteiger partial charge in [0.2, 0.25) is 0 Å². The summed E-state index contributed by atoms with van der Waals surface area (Å²) in [4.78, 5) is 12.5. The standard InChI is InChI=1S/C30H29NO6S2/c1-21-9-13-28(14-10-21)38(33,34)20-27-18-25-8-6-5-7-24(25)17-26(27)19-31(23(3)30(32)37-4)39(35,36)29-15-11-22(2)12-16-29/h5-18H,3,19-20H2,1-2,4H3/i17D. The highest BCUT2D eigenvalue weighted by Gasteiger charge is 2.31. The van der Waals surface area contributed by atoms with Crippen molar-refractivity contribution in [1.29, 1.82) is 0 Å². The molecule has 0 unspecified atom stereocenters. The van der Waals surface area contributed by atoms with Crippen molar-refractivity contribution in [1.82, 2.24) is 4.31 Å². The van der Waals surface area contributed by atoms with Gasteiger partial charge in [-0.15, -0.1) is 0 Å². The van der Waals surface area contributed by atoms with E-state index < -0.39 is 43.8 Å². The molecule has 0 atom stereocenters. The minimum Gasteiger partial charge on any atom is -0.464 e. The first-order valence-corrected chi connectivity index (χ1v) is 15.1. The number of benzene rings is 4. The maximum absolute atomic E-state index is 13.8. The Morgan fingerprint density at radius 1 is 0.846 bits per heavy atom. The molecule has 0 aliphatic carbocycles. The number of sulfonamides is 1. The van der Waals surface area contributed by atoms with Crippen LogP contribution in [0.3, 0.4) is 0 Å². The molecule has 202 valence electrons. The van der Waals surface area contributed by atoms with E-state index in [1.165, 1.54) is 24.3 Å². The van der Waals surface area contributed by atoms with Crippen molar-refractivity contribution in [3.05, 3.63) is 119 Å². The summed E-state index contributed by atoms with van der Waals surface area (Å²) in [7, 11) is -7.12. The van der Waals surface area contributed by atoms with Gasteiger partial charge in [0.05, 0.1) is 30.6 Å². The van der Waals surface area contributed by atoms with Gasteiger partial charge < -0.3 is 4.74 Å². The van der Waals surface area contributed by atoms with Crippen molar-refractivity contribution in [3.63, 3.8) is 0 Å². The van der Waals surface area contributed by atoms with Gasteiger partial charge in [-0.05, 0) is 72.1 Å². The van der Waals surface area contributed by atoms with E-state index in [1.54, 1.807) is 54.6 Å². The van der Waals surface area contributed by atoms with Gasteiger partial charge in [0.1, 0.15) is 5.70 Å². The second-order valence-corrected chi connectivity index (χ2v) is 13.0. The topological polar surface area (TPSA) is 97.8 Å². The molecule has 39 heavy (non-hydrogen) atoms. The molecule has 0 amide bonds. The maximum atomic E-state index is 13.8. The smallest absolute Gasteiger partial charge is 0.354 e. The number of hydrogen-bond donors (Lipinski definition) is 0. The molecule has 0 heterocycles. The van der Waals surface area contributed by atoms with Crippen LogP contribution < -0.4 is 0 Å². The molecule has 0 saturated heterocycles. The number of hydrogen-bond acceptors (Lipinski definition) is 6. The van der Waals surface area contributed by atoms with Gasteiger partial charge >= 0.3 is 5.97 Å². The Bertz CT molecular complexity index is 1820. The van der Waals surface area contributed by atoms with Crippen LogP contribution >= 0.6 is 0 Å². The van der Waals surface area contributed by atoms with Gasteiger partial charge in [-0.3, -0.25) is 4.31 Å². The third-order valence-corrected chi connectivity index (χ3v) is 9.80. The second-order valence-electron chi connectivity index (χ2n) is 9.20. The molecule has 4 aromatic carbocycles. The lowest BCUT2D eigenvalue weighted by Gasteiger charge is -2.26. The van der Waals surface area contributed by atoms with Gasteiger partial charge in [-0.25, -0.2) is 21.6 Å². The number of rotatable bonds is 9. The zero-order chi connectivity index (χ0) is 29.2. The Morgan fingerprint density at radius 2 is 1.38 bits per heavy atom. The molecule has 0 aliphatic rings. The lowest BCUT2D eigenvalue weighted by Crippen LogP contribution is -2.33. The molecule has 4 rings (SSSR count). The monoisotopic (exact) mass is 564 g/mol. The summed E-state index contributed by atoms with van der Waals surface area (Å²) in [6.07, 6.45) is 0. The lowest BCUT2D eigenvalue weighted by atomic mass is 10.0. The summed E-state index contributed by atoms with van der Waals surface area (Å²) in [6, 6.07) is 21.0. The van der Waals surface area contributed by atoms with Crippen LogP contribution in [0.15, 0.2) is 107 Å². The van der Waals surface area contributed by atoms with E-state index in [9.17, 15) is 21.6 Å². The summed E-state index contributed by atoms with van der Waals surface area (Å²) in [6.45, 7) is 6.83. The normalized spacial score (nSPS) is 12.1. The summed E-state index contributed by atoms with van der Waals surface area (Å²) in [5, 5.41) is 1.13. The SMILES string of the molecule is [2H]c1c(CN(C(=C)C(=O)OC)S(=O)(=O)c2ccc(C)cc2)c(CS(=O)(=O)c2ccc(C)cc2)cc2ccccc12. The van der Waals surface area contributed by atoms with E-state index in [4.69, 9.17) is 6.11 Å². The number of fused-ring (bicyclic) bond motifs is 1. The minimum absolute atomic E-state index is 0.0472. The summed E-state index contributed by atoms with van der Waals surface area (Å²) in [5.74, 6) is -1.46. The number of aryl methyl sites for hydroxylation is 2. The highest BCUT2D eigenvalue weighted by atomic mass is 32.2. The van der Waals surface area contributed by atoms with Gasteiger partial charge in [-0.1, -0.05) is 66.2 Å². The summed E-state index contributed by atoms with van der Waals surface area (Å²) in [5.41, 5.74) is 1.64. The van der Waals surface area contributed by atoms with Gasteiger partial charge in [-0.2, -0.15) is 0 Å². The number of nitrogens with zero attached hydrogens (tertiary/aromatic N) is 1. The molecule has 7 nitrogen and oxygen atoms in total. The molecule has 4 aromatic rings. The van der Waals surface area contributed by atoms with Crippen LogP contribution in [0.1, 0.15) is 23.6 Å². The van der Waals surface area contributed by atoms with Gasteiger partial charge in [0, 0.05) is 0 Å². The average molecular weight is 565 g/mol. The average Bonchev–Trinajstić information content (AvgIpc) is 2.92. The molecule has 0 fully saturated rings. The lowest BCUT2D eigenvalue weighted by molar-refractivity contribution is -0.137. The van der Waals surface area contributed by atoms with E-state index in [0.717, 1.165) is 22.5 Å². The summed E-state index contributed by atoms with van der Waals surface area (Å²) >= 11 is 0. The molecule has 0 aliphatic heterocycles. The molecule has 0 bridgehead atoms. The third-order valence-electron chi connectivity index (χ3n) is 6.32. The number of sulfone groups is 1. The number of carbonyl (C=O) groups is 1. The van der Waals surface area contributed by atoms with Crippen molar-refractivity contribution in [2.75, 3.05) is 7.11 Å². The van der Waals surface area contributed by atoms with Crippen molar-refractivity contribution in [2.24, 2.45) is 0 Å². The van der Waals surface area contributed by atoms with Crippen LogP contribution in [0.25, 0.3) is 10.8 Å². The van der Waals surface area contributed by atoms with Crippen molar-refractivity contribution < 1.29 is 27.7 Å². The molecular formula is C30H29NO6S2. The van der Waals surface area contributed by atoms with Crippen LogP contribution in [-0.4, -0.2) is 34.2 Å². The van der Waals surface area contributed by atoms with Crippen LogP contribution in [0.4, 0.5) is 0 Å². The molecule has 0 N–H and O–H groups in total. The zero-order valence-corrected chi connectivity index (χ0v) is 23.5. The Kier molecular flexibility index (Phi) is 7.54. The molecule has 0 aromatic heterocycles. The summed E-state index contributed by atoms with van der Waals surface area (Å²) < 4.78 is 69.1. The highest BCUT2D eigenvalue weighted by Crippen LogP contribution is 2.29. The maximum Gasteiger partial charge on any atom is 0.354 e. The minimum atomic E-state index is -4.36. The largest absolute Gasteiger partial charge is 0.464 e. The Labute approximate surface area is 230 Å². The quantitative estimate of drug-likeness (QED) is 0.202. The third kappa shape index (κ3) is 6.05. The van der Waals surface area contributed by atoms with E-state index >= 15 is 0 Å². The Morgan fingerprint density at radius 3 is 1.95 bits per heavy atom. The van der Waals surface area contributed by atoms with Crippen LogP contribution in [0, 0.1) is 13.8 Å². The van der Waals surface area contributed by atoms with Crippen LogP contribution in [0.5, 0.6) is 0 Å². The van der Waals surface area contributed by atoms with Crippen molar-refractivity contribution in [2.45, 2.75) is 35.9 Å².